The van der Waals surface area contributed by atoms with E-state index in [1.54, 1.807) is 26.4 Å². The van der Waals surface area contributed by atoms with E-state index in [2.05, 4.69) is 5.32 Å². The number of nitrogens with one attached hydrogen (secondary N) is 1. The van der Waals surface area contributed by atoms with E-state index >= 15 is 0 Å². The molecule has 1 fully saturated rings. The number of sulfonamides is 1. The summed E-state index contributed by atoms with van der Waals surface area (Å²) in [5.41, 5.74) is 0.980. The Morgan fingerprint density at radius 2 is 2.19 bits per heavy atom. The summed E-state index contributed by atoms with van der Waals surface area (Å²) in [5, 5.41) is 3.40. The summed E-state index contributed by atoms with van der Waals surface area (Å²) in [7, 11) is 1.56. The van der Waals surface area contributed by atoms with Crippen LogP contribution in [0.2, 0.25) is 0 Å². The summed E-state index contributed by atoms with van der Waals surface area (Å²) in [6, 6.07) is 2.15. The third kappa shape index (κ3) is 3.85. The molecule has 1 saturated carbocycles. The summed E-state index contributed by atoms with van der Waals surface area (Å²) in [5.74, 6) is 0. The maximum atomic E-state index is 12.6. The van der Waals surface area contributed by atoms with Gasteiger partial charge in [0.2, 0.25) is 10.0 Å². The molecular weight excluding hydrogens is 290 g/mol. The normalized spacial score (nSPS) is 17.4. The van der Waals surface area contributed by atoms with E-state index in [9.17, 15) is 8.42 Å². The molecule has 2 rings (SSSR count). The maximum Gasteiger partial charge on any atom is 0.244 e. The van der Waals surface area contributed by atoms with E-state index in [-0.39, 0.29) is 6.04 Å². The standard InChI is InChI=1S/C14H25N3O3S/c1-11(10-20-4)17(3)21(18,19)14-7-13(16(2)9-14)8-15-12-5-6-12/h7,9,11-12,15H,5-6,8,10H2,1-4H3. The lowest BCUT2D eigenvalue weighted by atomic mass is 10.4. The van der Waals surface area contributed by atoms with E-state index < -0.39 is 10.0 Å². The molecule has 0 saturated heterocycles. The van der Waals surface area contributed by atoms with Gasteiger partial charge >= 0.3 is 0 Å². The molecule has 1 aliphatic carbocycles. The fraction of sp³-hybridized carbons (Fsp3) is 0.714. The molecule has 0 spiro atoms. The molecule has 120 valence electrons. The third-order valence-corrected chi connectivity index (χ3v) is 5.87. The van der Waals surface area contributed by atoms with Gasteiger partial charge in [-0.25, -0.2) is 8.42 Å². The van der Waals surface area contributed by atoms with Crippen LogP contribution in [0.1, 0.15) is 25.5 Å². The van der Waals surface area contributed by atoms with Gasteiger partial charge in [-0.05, 0) is 25.8 Å². The second-order valence-electron chi connectivity index (χ2n) is 5.76. The minimum absolute atomic E-state index is 0.201. The van der Waals surface area contributed by atoms with Crippen LogP contribution in [0.4, 0.5) is 0 Å². The van der Waals surface area contributed by atoms with Crippen molar-refractivity contribution in [1.82, 2.24) is 14.2 Å². The lowest BCUT2D eigenvalue weighted by Crippen LogP contribution is -2.37. The number of nitrogens with zero attached hydrogens (tertiary/aromatic N) is 2. The Labute approximate surface area is 127 Å². The molecular formula is C14H25N3O3S. The van der Waals surface area contributed by atoms with Crippen molar-refractivity contribution in [2.75, 3.05) is 20.8 Å². The Balaban J connectivity index is 2.13. The van der Waals surface area contributed by atoms with Crippen molar-refractivity contribution < 1.29 is 13.2 Å². The molecule has 0 bridgehead atoms. The molecule has 7 heteroatoms. The summed E-state index contributed by atoms with van der Waals surface area (Å²) in [6.45, 7) is 2.91. The largest absolute Gasteiger partial charge is 0.383 e. The molecule has 1 aromatic rings. The Hall–Kier alpha value is -0.890. The molecule has 1 aliphatic rings. The second-order valence-corrected chi connectivity index (χ2v) is 7.76. The van der Waals surface area contributed by atoms with Crippen molar-refractivity contribution in [1.29, 1.82) is 0 Å². The average Bonchev–Trinajstić information content (AvgIpc) is 3.18. The van der Waals surface area contributed by atoms with Crippen molar-refractivity contribution in [3.8, 4) is 0 Å². The van der Waals surface area contributed by atoms with Crippen molar-refractivity contribution >= 4 is 10.0 Å². The van der Waals surface area contributed by atoms with Gasteiger partial charge in [0.1, 0.15) is 4.90 Å². The van der Waals surface area contributed by atoms with Gasteiger partial charge in [0.25, 0.3) is 0 Å². The van der Waals surface area contributed by atoms with Crippen LogP contribution in [-0.2, 0) is 28.4 Å². The maximum absolute atomic E-state index is 12.6. The molecule has 1 aromatic heterocycles. The minimum atomic E-state index is -3.48. The van der Waals surface area contributed by atoms with Gasteiger partial charge in [0, 0.05) is 51.7 Å². The molecule has 6 nitrogen and oxygen atoms in total. The SMILES string of the molecule is COCC(C)N(C)S(=O)(=O)c1cc(CNC2CC2)n(C)c1. The molecule has 0 amide bonds. The highest BCUT2D eigenvalue weighted by Crippen LogP contribution is 2.22. The predicted molar refractivity (Wildman–Crippen MR) is 81.6 cm³/mol. The Bertz CT molecular complexity index is 578. The molecule has 1 atom stereocenters. The highest BCUT2D eigenvalue weighted by atomic mass is 32.2. The fourth-order valence-corrected chi connectivity index (χ4v) is 3.62. The minimum Gasteiger partial charge on any atom is -0.383 e. The zero-order valence-corrected chi connectivity index (χ0v) is 14.0. The number of hydrogen-bond donors (Lipinski definition) is 1. The van der Waals surface area contributed by atoms with Gasteiger partial charge in [0.05, 0.1) is 6.61 Å². The van der Waals surface area contributed by atoms with Crippen LogP contribution in [-0.4, -0.2) is 50.1 Å². The summed E-state index contributed by atoms with van der Waals surface area (Å²) in [4.78, 5) is 0.336. The summed E-state index contributed by atoms with van der Waals surface area (Å²) >= 11 is 0. The second kappa shape index (κ2) is 6.48. The lowest BCUT2D eigenvalue weighted by Gasteiger charge is -2.22. The van der Waals surface area contributed by atoms with Crippen molar-refractivity contribution in [2.45, 2.75) is 43.3 Å². The molecule has 1 heterocycles. The van der Waals surface area contributed by atoms with E-state index in [0.717, 1.165) is 5.69 Å². The van der Waals surface area contributed by atoms with Gasteiger partial charge in [0.15, 0.2) is 0 Å². The average molecular weight is 315 g/mol. The van der Waals surface area contributed by atoms with Gasteiger partial charge in [-0.3, -0.25) is 0 Å². The van der Waals surface area contributed by atoms with Crippen LogP contribution in [0.15, 0.2) is 17.2 Å². The van der Waals surface area contributed by atoms with Crippen LogP contribution < -0.4 is 5.32 Å². The van der Waals surface area contributed by atoms with Crippen LogP contribution in [0, 0.1) is 0 Å². The first kappa shape index (κ1) is 16.5. The van der Waals surface area contributed by atoms with Gasteiger partial charge < -0.3 is 14.6 Å². The predicted octanol–water partition coefficient (Wildman–Crippen LogP) is 0.933. The molecule has 1 N–H and O–H groups in total. The molecule has 0 radical (unpaired) electrons. The molecule has 21 heavy (non-hydrogen) atoms. The first-order valence-corrected chi connectivity index (χ1v) is 8.66. The van der Waals surface area contributed by atoms with Crippen LogP contribution in [0.5, 0.6) is 0 Å². The quantitative estimate of drug-likeness (QED) is 0.775. The van der Waals surface area contributed by atoms with E-state index in [1.165, 1.54) is 17.1 Å². The van der Waals surface area contributed by atoms with E-state index in [0.29, 0.717) is 24.1 Å². The first-order valence-electron chi connectivity index (χ1n) is 7.22. The number of likely N-dealkylation sites (N-methyl/N-ethyl adjacent to an activating group) is 1. The third-order valence-electron chi connectivity index (χ3n) is 3.94. The highest BCUT2D eigenvalue weighted by molar-refractivity contribution is 7.89. The van der Waals surface area contributed by atoms with Gasteiger partial charge in [-0.1, -0.05) is 0 Å². The zero-order valence-electron chi connectivity index (χ0n) is 13.2. The van der Waals surface area contributed by atoms with Crippen LogP contribution in [0.3, 0.4) is 0 Å². The monoisotopic (exact) mass is 315 g/mol. The molecule has 1 unspecified atom stereocenters. The van der Waals surface area contributed by atoms with E-state index in [4.69, 9.17) is 4.74 Å². The zero-order chi connectivity index (χ0) is 15.6. The number of hydrogen-bond acceptors (Lipinski definition) is 4. The summed E-state index contributed by atoms with van der Waals surface area (Å²) in [6.07, 6.45) is 4.11. The van der Waals surface area contributed by atoms with Gasteiger partial charge in [-0.2, -0.15) is 4.31 Å². The summed E-state index contributed by atoms with van der Waals surface area (Å²) < 4.78 is 33.5. The molecule has 0 aromatic carbocycles. The number of aromatic nitrogens is 1. The van der Waals surface area contributed by atoms with Crippen molar-refractivity contribution in [3.63, 3.8) is 0 Å². The van der Waals surface area contributed by atoms with Crippen molar-refractivity contribution in [2.24, 2.45) is 7.05 Å². The number of ether oxygens (including phenoxy) is 1. The topological polar surface area (TPSA) is 63.6 Å². The smallest absolute Gasteiger partial charge is 0.244 e. The van der Waals surface area contributed by atoms with E-state index in [1.807, 2.05) is 18.5 Å². The number of rotatable bonds is 8. The van der Waals surface area contributed by atoms with Gasteiger partial charge in [-0.15, -0.1) is 0 Å². The first-order chi connectivity index (χ1) is 9.86. The van der Waals surface area contributed by atoms with Crippen LogP contribution >= 0.6 is 0 Å². The number of methoxy groups -OCH3 is 1. The Morgan fingerprint density at radius 3 is 2.76 bits per heavy atom. The number of aryl methyl sites for hydroxylation is 1. The van der Waals surface area contributed by atoms with Crippen LogP contribution in [0.25, 0.3) is 0 Å². The lowest BCUT2D eigenvalue weighted by molar-refractivity contribution is 0.149. The Morgan fingerprint density at radius 1 is 1.52 bits per heavy atom. The fourth-order valence-electron chi connectivity index (χ4n) is 2.18. The molecule has 0 aliphatic heterocycles. The Kier molecular flexibility index (Phi) is 5.08. The van der Waals surface area contributed by atoms with Crippen molar-refractivity contribution in [3.05, 3.63) is 18.0 Å². The highest BCUT2D eigenvalue weighted by Gasteiger charge is 2.27.